The van der Waals surface area contributed by atoms with Gasteiger partial charge < -0.3 is 5.11 Å². The van der Waals surface area contributed by atoms with Crippen LogP contribution in [0.1, 0.15) is 43.7 Å². The van der Waals surface area contributed by atoms with E-state index in [2.05, 4.69) is 43.1 Å². The Morgan fingerprint density at radius 2 is 1.76 bits per heavy atom. The van der Waals surface area contributed by atoms with E-state index in [1.165, 1.54) is 5.56 Å². The van der Waals surface area contributed by atoms with Gasteiger partial charge in [-0.05, 0) is 22.6 Å². The molecule has 0 radical (unpaired) electrons. The molecule has 1 aromatic heterocycles. The minimum Gasteiger partial charge on any atom is -0.382 e. The van der Waals surface area contributed by atoms with Gasteiger partial charge in [-0.3, -0.25) is 5.10 Å². The van der Waals surface area contributed by atoms with Gasteiger partial charge in [0, 0.05) is 6.20 Å². The van der Waals surface area contributed by atoms with Crippen molar-refractivity contribution in [1.29, 1.82) is 0 Å². The van der Waals surface area contributed by atoms with Crippen LogP contribution in [-0.2, 0) is 5.41 Å². The molecule has 0 saturated heterocycles. The smallest absolute Gasteiger partial charge is 0.120 e. The first-order chi connectivity index (χ1) is 7.98. The molecule has 0 aliphatic carbocycles. The Morgan fingerprint density at radius 3 is 2.24 bits per heavy atom. The predicted molar refractivity (Wildman–Crippen MR) is 67.8 cm³/mol. The SMILES string of the molecule is CC(C)(C)c1ccc(C(O)c2ccn[nH]2)cc1. The van der Waals surface area contributed by atoms with Crippen LogP contribution < -0.4 is 0 Å². The summed E-state index contributed by atoms with van der Waals surface area (Å²) in [5, 5.41) is 16.7. The summed E-state index contributed by atoms with van der Waals surface area (Å²) in [6.45, 7) is 6.52. The Hall–Kier alpha value is -1.61. The molecule has 0 fully saturated rings. The molecule has 0 aliphatic heterocycles. The molecule has 1 atom stereocenters. The van der Waals surface area contributed by atoms with E-state index in [1.807, 2.05) is 12.1 Å². The molecule has 2 N–H and O–H groups in total. The van der Waals surface area contributed by atoms with E-state index in [0.717, 1.165) is 5.56 Å². The van der Waals surface area contributed by atoms with Gasteiger partial charge in [0.15, 0.2) is 0 Å². The molecular weight excluding hydrogens is 212 g/mol. The standard InChI is InChI=1S/C14H18N2O/c1-14(2,3)11-6-4-10(5-7-11)13(17)12-8-9-15-16-12/h4-9,13,17H,1-3H3,(H,15,16). The first kappa shape index (κ1) is 11.9. The lowest BCUT2D eigenvalue weighted by Crippen LogP contribution is -2.11. The van der Waals surface area contributed by atoms with Gasteiger partial charge in [0.05, 0.1) is 5.69 Å². The number of hydrogen-bond acceptors (Lipinski definition) is 2. The van der Waals surface area contributed by atoms with Crippen LogP contribution in [0, 0.1) is 0 Å². The normalized spacial score (nSPS) is 13.6. The van der Waals surface area contributed by atoms with Crippen molar-refractivity contribution in [2.24, 2.45) is 0 Å². The summed E-state index contributed by atoms with van der Waals surface area (Å²) in [7, 11) is 0. The Bertz CT molecular complexity index is 466. The lowest BCUT2D eigenvalue weighted by Gasteiger charge is -2.19. The van der Waals surface area contributed by atoms with Crippen molar-refractivity contribution in [2.75, 3.05) is 0 Å². The fourth-order valence-corrected chi connectivity index (χ4v) is 1.76. The van der Waals surface area contributed by atoms with Crippen molar-refractivity contribution < 1.29 is 5.11 Å². The molecule has 3 heteroatoms. The van der Waals surface area contributed by atoms with Gasteiger partial charge in [-0.25, -0.2) is 0 Å². The molecule has 2 aromatic rings. The van der Waals surface area contributed by atoms with Crippen LogP contribution in [0.2, 0.25) is 0 Å². The predicted octanol–water partition coefficient (Wildman–Crippen LogP) is 2.79. The largest absolute Gasteiger partial charge is 0.382 e. The molecule has 1 heterocycles. The molecule has 1 unspecified atom stereocenters. The highest BCUT2D eigenvalue weighted by Gasteiger charge is 2.15. The van der Waals surface area contributed by atoms with Gasteiger partial charge in [-0.15, -0.1) is 0 Å². The first-order valence-electron chi connectivity index (χ1n) is 5.76. The fourth-order valence-electron chi connectivity index (χ4n) is 1.76. The highest BCUT2D eigenvalue weighted by Crippen LogP contribution is 2.25. The number of benzene rings is 1. The monoisotopic (exact) mass is 230 g/mol. The number of rotatable bonds is 2. The number of H-pyrrole nitrogens is 1. The van der Waals surface area contributed by atoms with Crippen LogP contribution in [0.25, 0.3) is 0 Å². The van der Waals surface area contributed by atoms with Gasteiger partial charge >= 0.3 is 0 Å². The molecule has 1 aromatic carbocycles. The molecule has 2 rings (SSSR count). The number of nitrogens with zero attached hydrogens (tertiary/aromatic N) is 1. The fraction of sp³-hybridized carbons (Fsp3) is 0.357. The summed E-state index contributed by atoms with van der Waals surface area (Å²) in [6.07, 6.45) is 1.01. The van der Waals surface area contributed by atoms with Crippen molar-refractivity contribution in [1.82, 2.24) is 10.2 Å². The lowest BCUT2D eigenvalue weighted by molar-refractivity contribution is 0.215. The summed E-state index contributed by atoms with van der Waals surface area (Å²) >= 11 is 0. The van der Waals surface area contributed by atoms with Crippen LogP contribution in [0.15, 0.2) is 36.5 Å². The van der Waals surface area contributed by atoms with E-state index < -0.39 is 6.10 Å². The van der Waals surface area contributed by atoms with Crippen LogP contribution in [0.3, 0.4) is 0 Å². The Labute approximate surface area is 102 Å². The first-order valence-corrected chi connectivity index (χ1v) is 5.76. The second kappa shape index (κ2) is 4.34. The van der Waals surface area contributed by atoms with E-state index in [-0.39, 0.29) is 5.41 Å². The zero-order valence-corrected chi connectivity index (χ0v) is 10.4. The molecule has 90 valence electrons. The molecule has 0 spiro atoms. The third-order valence-electron chi connectivity index (χ3n) is 2.91. The zero-order valence-electron chi connectivity index (χ0n) is 10.4. The molecule has 0 saturated carbocycles. The maximum atomic E-state index is 10.1. The Kier molecular flexibility index (Phi) is 3.03. The van der Waals surface area contributed by atoms with Crippen LogP contribution >= 0.6 is 0 Å². The molecule has 0 bridgehead atoms. The van der Waals surface area contributed by atoms with Crippen LogP contribution in [0.5, 0.6) is 0 Å². The maximum absolute atomic E-state index is 10.1. The van der Waals surface area contributed by atoms with E-state index in [4.69, 9.17) is 0 Å². The van der Waals surface area contributed by atoms with Gasteiger partial charge in [-0.2, -0.15) is 5.10 Å². The lowest BCUT2D eigenvalue weighted by atomic mass is 9.86. The summed E-state index contributed by atoms with van der Waals surface area (Å²) in [5.74, 6) is 0. The Morgan fingerprint density at radius 1 is 1.12 bits per heavy atom. The third-order valence-corrected chi connectivity index (χ3v) is 2.91. The van der Waals surface area contributed by atoms with Gasteiger partial charge in [0.2, 0.25) is 0 Å². The maximum Gasteiger partial charge on any atom is 0.120 e. The zero-order chi connectivity index (χ0) is 12.5. The average molecular weight is 230 g/mol. The quantitative estimate of drug-likeness (QED) is 0.833. The van der Waals surface area contributed by atoms with E-state index in [1.54, 1.807) is 12.3 Å². The van der Waals surface area contributed by atoms with Gasteiger partial charge in [0.25, 0.3) is 0 Å². The topological polar surface area (TPSA) is 48.9 Å². The highest BCUT2D eigenvalue weighted by molar-refractivity contribution is 5.31. The van der Waals surface area contributed by atoms with Crippen LogP contribution in [0.4, 0.5) is 0 Å². The number of nitrogens with one attached hydrogen (secondary N) is 1. The summed E-state index contributed by atoms with van der Waals surface area (Å²) in [5.41, 5.74) is 2.99. The van der Waals surface area contributed by atoms with Crippen molar-refractivity contribution in [3.8, 4) is 0 Å². The van der Waals surface area contributed by atoms with Crippen molar-refractivity contribution >= 4 is 0 Å². The number of hydrogen-bond donors (Lipinski definition) is 2. The van der Waals surface area contributed by atoms with Gasteiger partial charge in [-0.1, -0.05) is 45.0 Å². The number of aliphatic hydroxyl groups excluding tert-OH is 1. The number of aliphatic hydroxyl groups is 1. The van der Waals surface area contributed by atoms with E-state index >= 15 is 0 Å². The summed E-state index contributed by atoms with van der Waals surface area (Å²) < 4.78 is 0. The summed E-state index contributed by atoms with van der Waals surface area (Å²) in [6, 6.07) is 9.84. The molecule has 0 aliphatic rings. The molecule has 17 heavy (non-hydrogen) atoms. The van der Waals surface area contributed by atoms with E-state index in [0.29, 0.717) is 5.69 Å². The third kappa shape index (κ3) is 2.56. The molecule has 3 nitrogen and oxygen atoms in total. The van der Waals surface area contributed by atoms with Crippen molar-refractivity contribution in [2.45, 2.75) is 32.3 Å². The highest BCUT2D eigenvalue weighted by atomic mass is 16.3. The molecule has 0 amide bonds. The minimum atomic E-state index is -0.633. The van der Waals surface area contributed by atoms with Crippen molar-refractivity contribution in [3.05, 3.63) is 53.3 Å². The van der Waals surface area contributed by atoms with Gasteiger partial charge in [0.1, 0.15) is 6.10 Å². The summed E-state index contributed by atoms with van der Waals surface area (Å²) in [4.78, 5) is 0. The van der Waals surface area contributed by atoms with Crippen molar-refractivity contribution in [3.63, 3.8) is 0 Å². The Balaban J connectivity index is 2.24. The second-order valence-electron chi connectivity index (χ2n) is 5.29. The van der Waals surface area contributed by atoms with Crippen LogP contribution in [-0.4, -0.2) is 15.3 Å². The number of aromatic nitrogens is 2. The number of aromatic amines is 1. The van der Waals surface area contributed by atoms with E-state index in [9.17, 15) is 5.11 Å². The average Bonchev–Trinajstić information content (AvgIpc) is 2.80. The minimum absolute atomic E-state index is 0.136. The molecular formula is C14H18N2O. The second-order valence-corrected chi connectivity index (χ2v) is 5.29.